The lowest BCUT2D eigenvalue weighted by Gasteiger charge is -2.37. The van der Waals surface area contributed by atoms with Crippen LogP contribution in [0.1, 0.15) is 17.9 Å². The molecule has 1 unspecified atom stereocenters. The number of nitrogens with two attached hydrogens (primary N) is 1. The van der Waals surface area contributed by atoms with Crippen molar-refractivity contribution in [2.24, 2.45) is 5.73 Å². The molecule has 1 saturated heterocycles. The van der Waals surface area contributed by atoms with E-state index in [0.29, 0.717) is 37.0 Å². The van der Waals surface area contributed by atoms with Crippen LogP contribution in [0.25, 0.3) is 5.65 Å². The molecule has 6 nitrogen and oxygen atoms in total. The number of anilines is 1. The van der Waals surface area contributed by atoms with Gasteiger partial charge in [-0.25, -0.2) is 13.2 Å². The second kappa shape index (κ2) is 5.99. The van der Waals surface area contributed by atoms with Crippen molar-refractivity contribution in [3.8, 4) is 0 Å². The van der Waals surface area contributed by atoms with Crippen LogP contribution >= 0.6 is 0 Å². The molecule has 1 aliphatic rings. The summed E-state index contributed by atoms with van der Waals surface area (Å²) in [6, 6.07) is 4.65. The number of benzene rings is 1. The summed E-state index contributed by atoms with van der Waals surface area (Å²) in [5.41, 5.74) is 6.95. The monoisotopic (exact) mass is 348 g/mol. The summed E-state index contributed by atoms with van der Waals surface area (Å²) in [6.45, 7) is 0.987. The van der Waals surface area contributed by atoms with Gasteiger partial charge in [0.05, 0.1) is 0 Å². The number of rotatable bonds is 2. The fraction of sp³-hybridized carbons (Fsp3) is 0.312. The molecule has 1 fully saturated rings. The van der Waals surface area contributed by atoms with Crippen molar-refractivity contribution in [1.29, 1.82) is 0 Å². The molecule has 2 aromatic heterocycles. The van der Waals surface area contributed by atoms with Crippen molar-refractivity contribution in [1.82, 2.24) is 19.8 Å². The first-order valence-electron chi connectivity index (χ1n) is 7.85. The van der Waals surface area contributed by atoms with E-state index in [2.05, 4.69) is 15.3 Å². The van der Waals surface area contributed by atoms with E-state index < -0.39 is 23.5 Å². The molecular weight excluding hydrogens is 333 g/mol. The van der Waals surface area contributed by atoms with Crippen molar-refractivity contribution >= 4 is 11.5 Å². The normalized spacial score (nSPS) is 21.0. The molecular formula is C16H15F3N6. The van der Waals surface area contributed by atoms with E-state index in [4.69, 9.17) is 5.73 Å². The van der Waals surface area contributed by atoms with E-state index >= 15 is 0 Å². The van der Waals surface area contributed by atoms with Crippen LogP contribution in [0.3, 0.4) is 0 Å². The molecule has 2 atom stereocenters. The van der Waals surface area contributed by atoms with Crippen molar-refractivity contribution in [3.63, 3.8) is 0 Å². The molecule has 3 heterocycles. The van der Waals surface area contributed by atoms with Crippen molar-refractivity contribution in [2.75, 3.05) is 18.0 Å². The SMILES string of the molecule is NC1CN(c2ccc3nncn3n2)CC[C@@H]1c1cc(F)c(F)cc1F. The first kappa shape index (κ1) is 15.8. The molecule has 130 valence electrons. The maximum absolute atomic E-state index is 14.0. The van der Waals surface area contributed by atoms with Gasteiger partial charge < -0.3 is 10.6 Å². The average Bonchev–Trinajstić information content (AvgIpc) is 3.06. The Morgan fingerprint density at radius 1 is 1.08 bits per heavy atom. The van der Waals surface area contributed by atoms with Gasteiger partial charge in [0.2, 0.25) is 0 Å². The Bertz CT molecular complexity index is 927. The highest BCUT2D eigenvalue weighted by atomic mass is 19.2. The molecule has 0 radical (unpaired) electrons. The van der Waals surface area contributed by atoms with Crippen LogP contribution in [0.15, 0.2) is 30.6 Å². The summed E-state index contributed by atoms with van der Waals surface area (Å²) in [6.07, 6.45) is 2.01. The number of aromatic nitrogens is 4. The Balaban J connectivity index is 1.57. The molecule has 0 spiro atoms. The fourth-order valence-corrected chi connectivity index (χ4v) is 3.29. The second-order valence-corrected chi connectivity index (χ2v) is 6.12. The highest BCUT2D eigenvalue weighted by Gasteiger charge is 2.31. The summed E-state index contributed by atoms with van der Waals surface area (Å²) < 4.78 is 42.2. The number of piperidine rings is 1. The predicted molar refractivity (Wildman–Crippen MR) is 84.6 cm³/mol. The lowest BCUT2D eigenvalue weighted by Crippen LogP contribution is -2.48. The minimum atomic E-state index is -1.20. The van der Waals surface area contributed by atoms with Gasteiger partial charge in [-0.15, -0.1) is 15.3 Å². The van der Waals surface area contributed by atoms with E-state index in [-0.39, 0.29) is 11.5 Å². The Morgan fingerprint density at radius 2 is 1.88 bits per heavy atom. The average molecular weight is 348 g/mol. The second-order valence-electron chi connectivity index (χ2n) is 6.12. The number of hydrogen-bond donors (Lipinski definition) is 1. The minimum Gasteiger partial charge on any atom is -0.354 e. The number of hydrogen-bond acceptors (Lipinski definition) is 5. The molecule has 0 aliphatic carbocycles. The summed E-state index contributed by atoms with van der Waals surface area (Å²) in [5, 5.41) is 12.1. The maximum Gasteiger partial charge on any atom is 0.177 e. The first-order chi connectivity index (χ1) is 12.0. The largest absolute Gasteiger partial charge is 0.354 e. The summed E-state index contributed by atoms with van der Waals surface area (Å²) in [4.78, 5) is 1.97. The Labute approximate surface area is 141 Å². The fourth-order valence-electron chi connectivity index (χ4n) is 3.29. The van der Waals surface area contributed by atoms with E-state index in [0.717, 1.165) is 6.07 Å². The molecule has 0 amide bonds. The van der Waals surface area contributed by atoms with E-state index in [1.165, 1.54) is 6.33 Å². The van der Waals surface area contributed by atoms with Gasteiger partial charge in [0, 0.05) is 31.1 Å². The first-order valence-corrected chi connectivity index (χ1v) is 7.85. The molecule has 1 aliphatic heterocycles. The predicted octanol–water partition coefficient (Wildman–Crippen LogP) is 1.86. The van der Waals surface area contributed by atoms with Crippen LogP contribution in [0.2, 0.25) is 0 Å². The highest BCUT2D eigenvalue weighted by Crippen LogP contribution is 2.31. The van der Waals surface area contributed by atoms with Crippen LogP contribution in [0.5, 0.6) is 0 Å². The summed E-state index contributed by atoms with van der Waals surface area (Å²) >= 11 is 0. The third-order valence-corrected chi connectivity index (χ3v) is 4.57. The van der Waals surface area contributed by atoms with E-state index in [1.54, 1.807) is 10.6 Å². The lowest BCUT2D eigenvalue weighted by atomic mass is 9.85. The van der Waals surface area contributed by atoms with Gasteiger partial charge >= 0.3 is 0 Å². The van der Waals surface area contributed by atoms with Crippen molar-refractivity contribution < 1.29 is 13.2 Å². The number of halogens is 3. The van der Waals surface area contributed by atoms with Crippen LogP contribution < -0.4 is 10.6 Å². The zero-order valence-corrected chi connectivity index (χ0v) is 13.1. The molecule has 1 aromatic carbocycles. The van der Waals surface area contributed by atoms with E-state index in [9.17, 15) is 13.2 Å². The van der Waals surface area contributed by atoms with Gasteiger partial charge in [-0.05, 0) is 30.2 Å². The zero-order chi connectivity index (χ0) is 17.6. The topological polar surface area (TPSA) is 72.3 Å². The lowest BCUT2D eigenvalue weighted by molar-refractivity contribution is 0.415. The van der Waals surface area contributed by atoms with Crippen LogP contribution in [0.4, 0.5) is 19.0 Å². The van der Waals surface area contributed by atoms with Gasteiger partial charge in [-0.2, -0.15) is 4.52 Å². The van der Waals surface area contributed by atoms with Gasteiger partial charge in [0.15, 0.2) is 17.3 Å². The Kier molecular flexibility index (Phi) is 3.79. The van der Waals surface area contributed by atoms with Gasteiger partial charge in [-0.1, -0.05) is 0 Å². The molecule has 3 aromatic rings. The Morgan fingerprint density at radius 3 is 2.68 bits per heavy atom. The highest BCUT2D eigenvalue weighted by molar-refractivity contribution is 5.46. The molecule has 9 heteroatoms. The van der Waals surface area contributed by atoms with Crippen molar-refractivity contribution in [3.05, 3.63) is 53.6 Å². The van der Waals surface area contributed by atoms with Gasteiger partial charge in [0.25, 0.3) is 0 Å². The molecule has 0 saturated carbocycles. The zero-order valence-electron chi connectivity index (χ0n) is 13.1. The standard InChI is InChI=1S/C16H15F3N6/c17-11-6-13(19)12(18)5-10(11)9-3-4-24(7-14(9)20)16-2-1-15-22-21-8-25(15)23-16/h1-2,5-6,8-9,14H,3-4,7,20H2/t9-,14?/m1/s1. The van der Waals surface area contributed by atoms with Crippen molar-refractivity contribution in [2.45, 2.75) is 18.4 Å². The number of fused-ring (bicyclic) bond motifs is 1. The molecule has 4 rings (SSSR count). The quantitative estimate of drug-likeness (QED) is 0.716. The summed E-state index contributed by atoms with van der Waals surface area (Å²) in [5.74, 6) is -2.71. The van der Waals surface area contributed by atoms with Crippen LogP contribution in [0, 0.1) is 17.5 Å². The van der Waals surface area contributed by atoms with Crippen LogP contribution in [-0.2, 0) is 0 Å². The third-order valence-electron chi connectivity index (χ3n) is 4.57. The van der Waals surface area contributed by atoms with E-state index in [1.807, 2.05) is 11.0 Å². The Hall–Kier alpha value is -2.68. The molecule has 25 heavy (non-hydrogen) atoms. The molecule has 0 bridgehead atoms. The summed E-state index contributed by atoms with van der Waals surface area (Å²) in [7, 11) is 0. The molecule has 2 N–H and O–H groups in total. The minimum absolute atomic E-state index is 0.119. The van der Waals surface area contributed by atoms with Crippen LogP contribution in [-0.4, -0.2) is 38.9 Å². The third kappa shape index (κ3) is 2.80. The van der Waals surface area contributed by atoms with Gasteiger partial charge in [-0.3, -0.25) is 0 Å². The number of nitrogens with zero attached hydrogens (tertiary/aromatic N) is 5. The van der Waals surface area contributed by atoms with Gasteiger partial charge in [0.1, 0.15) is 18.0 Å². The maximum atomic E-state index is 14.0. The smallest absolute Gasteiger partial charge is 0.177 e.